The molecule has 0 amide bonds. The van der Waals surface area contributed by atoms with Crippen LogP contribution in [0.2, 0.25) is 21.3 Å². The van der Waals surface area contributed by atoms with Gasteiger partial charge in [-0.25, -0.2) is 0 Å². The van der Waals surface area contributed by atoms with Crippen LogP contribution in [0.3, 0.4) is 0 Å². The summed E-state index contributed by atoms with van der Waals surface area (Å²) in [6, 6.07) is 0. The van der Waals surface area contributed by atoms with Crippen molar-refractivity contribution in [1.82, 2.24) is 0 Å². The molecule has 0 bridgehead atoms. The van der Waals surface area contributed by atoms with Crippen LogP contribution in [0.1, 0.15) is 27.7 Å². The van der Waals surface area contributed by atoms with Crippen LogP contribution in [0.4, 0.5) is 17.3 Å². The molecular formula is C9H20BCuF4N-. The molecule has 0 unspecified atom stereocenters. The first-order valence-electron chi connectivity index (χ1n) is 4.93. The first-order chi connectivity index (χ1) is 7.12. The summed E-state index contributed by atoms with van der Waals surface area (Å²) in [6.07, 6.45) is 0. The topological polar surface area (TPSA) is 23.8 Å². The number of hydrogen-bond acceptors (Lipinski definition) is 1. The van der Waals surface area contributed by atoms with Crippen molar-refractivity contribution < 1.29 is 29.1 Å². The minimum atomic E-state index is -6.00. The Kier molecular flexibility index (Phi) is 7.39. The van der Waals surface area contributed by atoms with E-state index in [0.717, 1.165) is 21.3 Å². The van der Waals surface area contributed by atoms with Crippen LogP contribution in [0.15, 0.2) is 0 Å². The van der Waals surface area contributed by atoms with Crippen molar-refractivity contribution in [2.45, 2.75) is 49.0 Å². The standard InChI is InChI=1S/4C2H5.CN.BF4.Cu/c5*1-2;2-1(3,4)5;/h4*1H2,2H3;;;/q;;;;;-1;. The van der Waals surface area contributed by atoms with Crippen LogP contribution in [-0.4, -0.2) is 7.25 Å². The van der Waals surface area contributed by atoms with E-state index in [-0.39, 0.29) is 0 Å². The molecule has 0 saturated carbocycles. The summed E-state index contributed by atoms with van der Waals surface area (Å²) in [7, 11) is -6.00. The van der Waals surface area contributed by atoms with Gasteiger partial charge in [-0.3, -0.25) is 0 Å². The molecule has 0 radical (unpaired) electrons. The first kappa shape index (κ1) is 18.2. The van der Waals surface area contributed by atoms with E-state index in [0.29, 0.717) is 0 Å². The predicted molar refractivity (Wildman–Crippen MR) is 57.7 cm³/mol. The van der Waals surface area contributed by atoms with Crippen molar-refractivity contribution in [2.24, 2.45) is 0 Å². The van der Waals surface area contributed by atoms with Gasteiger partial charge in [-0.15, -0.1) is 0 Å². The van der Waals surface area contributed by atoms with E-state index in [9.17, 15) is 22.5 Å². The molecule has 0 N–H and O–H groups in total. The molecule has 0 fully saturated rings. The third-order valence-electron chi connectivity index (χ3n) is 2.43. The van der Waals surface area contributed by atoms with E-state index >= 15 is 0 Å². The van der Waals surface area contributed by atoms with Gasteiger partial charge in [0.05, 0.1) is 0 Å². The van der Waals surface area contributed by atoms with Gasteiger partial charge in [0.25, 0.3) is 0 Å². The van der Waals surface area contributed by atoms with Gasteiger partial charge in [0, 0.05) is 0 Å². The van der Waals surface area contributed by atoms with Crippen molar-refractivity contribution in [3.63, 3.8) is 0 Å². The molecule has 0 heterocycles. The Balaban J connectivity index is 0. The van der Waals surface area contributed by atoms with Gasteiger partial charge in [0.1, 0.15) is 0 Å². The molecule has 1 nitrogen and oxygen atoms in total. The second-order valence-corrected chi connectivity index (χ2v) is 9.78. The van der Waals surface area contributed by atoms with Crippen molar-refractivity contribution in [1.29, 1.82) is 5.26 Å². The molecule has 104 valence electrons. The zero-order chi connectivity index (χ0) is 13.5. The van der Waals surface area contributed by atoms with Gasteiger partial charge in [0.2, 0.25) is 0 Å². The molecule has 0 aromatic rings. The van der Waals surface area contributed by atoms with Gasteiger partial charge in [-0.2, -0.15) is 0 Å². The minimum absolute atomic E-state index is 1.08. The second-order valence-electron chi connectivity index (χ2n) is 2.75. The number of rotatable bonds is 4. The van der Waals surface area contributed by atoms with E-state index in [2.05, 4.69) is 32.7 Å². The van der Waals surface area contributed by atoms with Crippen molar-refractivity contribution in [2.75, 3.05) is 0 Å². The Morgan fingerprint density at radius 1 is 0.875 bits per heavy atom. The molecule has 0 atom stereocenters. The van der Waals surface area contributed by atoms with Gasteiger partial charge in [-0.1, -0.05) is 0 Å². The average Bonchev–Trinajstić information content (AvgIpc) is 2.22. The number of nitrogens with zero attached hydrogens (tertiary/aromatic N) is 1. The van der Waals surface area contributed by atoms with E-state index in [4.69, 9.17) is 0 Å². The quantitative estimate of drug-likeness (QED) is 0.515. The smallest absolute Gasteiger partial charge is 0.418 e. The predicted octanol–water partition coefficient (Wildman–Crippen LogP) is 5.21. The van der Waals surface area contributed by atoms with Crippen LogP contribution in [-0.2, 0) is 11.8 Å². The maximum Gasteiger partial charge on any atom is 0.673 e. The van der Waals surface area contributed by atoms with Crippen LogP contribution in [0, 0.1) is 10.2 Å². The normalized spacial score (nSPS) is 14.1. The third kappa shape index (κ3) is 5.76. The fourth-order valence-electron chi connectivity index (χ4n) is 1.10. The van der Waals surface area contributed by atoms with E-state index in [1.54, 1.807) is 0 Å². The van der Waals surface area contributed by atoms with Gasteiger partial charge < -0.3 is 17.3 Å². The average molecular weight is 293 g/mol. The summed E-state index contributed by atoms with van der Waals surface area (Å²) in [5.74, 6) is 0. The molecular weight excluding hydrogens is 272 g/mol. The van der Waals surface area contributed by atoms with Crippen molar-refractivity contribution in [3.8, 4) is 4.97 Å². The Labute approximate surface area is 95.9 Å². The molecule has 0 aromatic heterocycles. The van der Waals surface area contributed by atoms with Crippen LogP contribution >= 0.6 is 0 Å². The van der Waals surface area contributed by atoms with Gasteiger partial charge in [-0.05, 0) is 0 Å². The Morgan fingerprint density at radius 2 is 1.06 bits per heavy atom. The zero-order valence-corrected chi connectivity index (χ0v) is 11.1. The summed E-state index contributed by atoms with van der Waals surface area (Å²) in [5, 5.41) is 13.5. The number of hydrogen-bond donors (Lipinski definition) is 0. The Bertz CT molecular complexity index is 215. The molecule has 0 aliphatic heterocycles. The van der Waals surface area contributed by atoms with Crippen LogP contribution in [0.5, 0.6) is 0 Å². The summed E-state index contributed by atoms with van der Waals surface area (Å²) in [6.45, 7) is 8.67. The fraction of sp³-hybridized carbons (Fsp3) is 0.889. The minimum Gasteiger partial charge on any atom is -0.418 e. The summed E-state index contributed by atoms with van der Waals surface area (Å²) >= 11 is -1.58. The maximum absolute atomic E-state index is 9.75. The second kappa shape index (κ2) is 6.51. The SMILES string of the molecule is C[CH2][Cu]([C]#N)([CH2]C)([CH2]C)[CH2]C.F[B-](F)(F)F. The number of halogens is 4. The zero-order valence-electron chi connectivity index (χ0n) is 10.2. The van der Waals surface area contributed by atoms with Crippen LogP contribution in [0.25, 0.3) is 0 Å². The fourth-order valence-corrected chi connectivity index (χ4v) is 4.52. The first-order valence-corrected chi connectivity index (χ1v) is 8.06. The molecule has 0 aliphatic carbocycles. The van der Waals surface area contributed by atoms with Gasteiger partial charge in [0.15, 0.2) is 0 Å². The molecule has 0 aliphatic rings. The largest absolute Gasteiger partial charge is 0.673 e. The molecule has 0 spiro atoms. The van der Waals surface area contributed by atoms with Crippen LogP contribution < -0.4 is 0 Å². The Morgan fingerprint density at radius 3 is 1.06 bits per heavy atom. The Hall–Kier alpha value is -0.206. The monoisotopic (exact) mass is 292 g/mol. The molecule has 0 saturated heterocycles. The summed E-state index contributed by atoms with van der Waals surface area (Å²) < 4.78 is 39.0. The maximum atomic E-state index is 9.75. The van der Waals surface area contributed by atoms with Crippen molar-refractivity contribution >= 4 is 7.25 Å². The van der Waals surface area contributed by atoms with E-state index in [1.165, 1.54) is 0 Å². The molecule has 0 rings (SSSR count). The van der Waals surface area contributed by atoms with Crippen molar-refractivity contribution in [3.05, 3.63) is 0 Å². The number of nitriles is 1. The third-order valence-corrected chi connectivity index (χ3v) is 10.0. The summed E-state index contributed by atoms with van der Waals surface area (Å²) in [5.41, 5.74) is 0. The van der Waals surface area contributed by atoms with E-state index < -0.39 is 19.0 Å². The summed E-state index contributed by atoms with van der Waals surface area (Å²) in [4.78, 5) is 2.63. The van der Waals surface area contributed by atoms with E-state index in [1.807, 2.05) is 0 Å². The molecule has 16 heavy (non-hydrogen) atoms. The molecule has 0 aromatic carbocycles. The van der Waals surface area contributed by atoms with Gasteiger partial charge >= 0.3 is 78.2 Å². The molecule has 7 heteroatoms.